The number of ether oxygens (including phenoxy) is 3. The normalized spacial score (nSPS) is 43.7. The molecule has 2 saturated carbocycles. The number of hydrogen-bond donors (Lipinski definition) is 2. The highest BCUT2D eigenvalue weighted by Crippen LogP contribution is 2.72. The first-order chi connectivity index (χ1) is 16.7. The molecular weight excluding hydrogens is 458 g/mol. The lowest BCUT2D eigenvalue weighted by atomic mass is 9.59. The second-order valence-electron chi connectivity index (χ2n) is 12.9. The number of allylic oxidation sites excluding steroid dienone is 1. The topological polar surface area (TPSA) is 97.8 Å². The minimum absolute atomic E-state index is 0.00694. The number of nitrogens with one attached hydrogen (secondary N) is 1. The molecule has 1 saturated heterocycles. The Morgan fingerprint density at radius 3 is 2.61 bits per heavy atom. The molecule has 0 amide bonds. The third kappa shape index (κ3) is 2.91. The Bertz CT molecular complexity index is 1220. The average molecular weight is 496 g/mol. The summed E-state index contributed by atoms with van der Waals surface area (Å²) in [5, 5.41) is 13.0. The summed E-state index contributed by atoms with van der Waals surface area (Å²) in [6.45, 7) is 14.1. The zero-order valence-electron chi connectivity index (χ0n) is 22.2. The third-order valence-corrected chi connectivity index (χ3v) is 9.94. The lowest BCUT2D eigenvalue weighted by Gasteiger charge is -2.52. The van der Waals surface area contributed by atoms with Gasteiger partial charge in [-0.3, -0.25) is 4.79 Å². The largest absolute Gasteiger partial charge is 0.450 e. The first kappa shape index (κ1) is 24.1. The summed E-state index contributed by atoms with van der Waals surface area (Å²) in [5.41, 5.74) is -0.336. The number of rotatable bonds is 2. The van der Waals surface area contributed by atoms with Gasteiger partial charge in [0, 0.05) is 12.1 Å². The second kappa shape index (κ2) is 7.21. The number of carbonyl (C=O) groups excluding carboxylic acids is 2. The number of hydrogen-bond acceptors (Lipinski definition) is 6. The lowest BCUT2D eigenvalue weighted by Crippen LogP contribution is -2.68. The van der Waals surface area contributed by atoms with E-state index < -0.39 is 35.0 Å². The van der Waals surface area contributed by atoms with Gasteiger partial charge in [-0.05, 0) is 80.1 Å². The minimum atomic E-state index is -1.80. The van der Waals surface area contributed by atoms with Crippen molar-refractivity contribution in [3.63, 3.8) is 0 Å². The number of fused-ring (bicyclic) bond motifs is 5. The van der Waals surface area contributed by atoms with Crippen LogP contribution in [0, 0.1) is 41.4 Å². The van der Waals surface area contributed by atoms with Crippen LogP contribution in [-0.4, -0.2) is 52.0 Å². The van der Waals surface area contributed by atoms with Crippen molar-refractivity contribution in [3.8, 4) is 0 Å². The van der Waals surface area contributed by atoms with E-state index in [1.54, 1.807) is 12.3 Å². The van der Waals surface area contributed by atoms with Gasteiger partial charge in [0.05, 0.1) is 12.0 Å². The Morgan fingerprint density at radius 2 is 1.94 bits per heavy atom. The first-order valence-corrected chi connectivity index (χ1v) is 13.1. The molecule has 2 N–H and O–H groups in total. The van der Waals surface area contributed by atoms with E-state index in [2.05, 4.69) is 25.8 Å². The van der Waals surface area contributed by atoms with Gasteiger partial charge < -0.3 is 24.3 Å². The Morgan fingerprint density at radius 1 is 1.22 bits per heavy atom. The van der Waals surface area contributed by atoms with Crippen LogP contribution >= 0.6 is 0 Å². The average Bonchev–Trinajstić information content (AvgIpc) is 3.06. The monoisotopic (exact) mass is 495 g/mol. The second-order valence-corrected chi connectivity index (χ2v) is 12.9. The maximum Gasteiger partial charge on any atom is 0.355 e. The van der Waals surface area contributed by atoms with Crippen LogP contribution in [0.2, 0.25) is 0 Å². The molecule has 194 valence electrons. The van der Waals surface area contributed by atoms with Crippen molar-refractivity contribution >= 4 is 11.8 Å². The SMILES string of the molecule is CC1=C[C@]23C(=O)[C@@H](C=C4COC(C)(C)O[C@H]4[C@]2(O)[C@H]1OC(=O)c1cc(C)c[nH]1)[C@H]1[C@@H](C[C@H]3C)C1(C)C. The molecule has 1 spiro atoms. The van der Waals surface area contributed by atoms with Gasteiger partial charge in [0.2, 0.25) is 0 Å². The fourth-order valence-electron chi connectivity index (χ4n) is 8.09. The fraction of sp³-hybridized carbons (Fsp3) is 0.655. The summed E-state index contributed by atoms with van der Waals surface area (Å²) in [7, 11) is 0. The molecule has 0 aromatic carbocycles. The quantitative estimate of drug-likeness (QED) is 0.473. The molecule has 6 rings (SSSR count). The highest BCUT2D eigenvalue weighted by molar-refractivity contribution is 5.96. The van der Waals surface area contributed by atoms with Crippen LogP contribution < -0.4 is 0 Å². The van der Waals surface area contributed by atoms with Crippen LogP contribution in [0.25, 0.3) is 0 Å². The molecule has 0 radical (unpaired) electrons. The molecular formula is C29H37NO6. The minimum Gasteiger partial charge on any atom is -0.450 e. The fourth-order valence-corrected chi connectivity index (χ4v) is 8.09. The molecule has 36 heavy (non-hydrogen) atoms. The van der Waals surface area contributed by atoms with E-state index in [4.69, 9.17) is 14.2 Å². The van der Waals surface area contributed by atoms with E-state index in [1.165, 1.54) is 0 Å². The van der Waals surface area contributed by atoms with E-state index in [-0.39, 0.29) is 35.6 Å². The Kier molecular flexibility index (Phi) is 4.83. The number of carbonyl (C=O) groups is 2. The van der Waals surface area contributed by atoms with Gasteiger partial charge in [0.1, 0.15) is 11.8 Å². The number of aliphatic hydroxyl groups is 1. The van der Waals surface area contributed by atoms with Crippen LogP contribution in [0.15, 0.2) is 35.6 Å². The number of esters is 1. The summed E-state index contributed by atoms with van der Waals surface area (Å²) in [5.74, 6) is -1.45. The van der Waals surface area contributed by atoms with Gasteiger partial charge >= 0.3 is 5.97 Å². The van der Waals surface area contributed by atoms with Crippen LogP contribution in [0.5, 0.6) is 0 Å². The Balaban J connectivity index is 1.52. The highest BCUT2D eigenvalue weighted by Gasteiger charge is 2.77. The molecule has 5 aliphatic rings. The van der Waals surface area contributed by atoms with Gasteiger partial charge in [0.25, 0.3) is 0 Å². The summed E-state index contributed by atoms with van der Waals surface area (Å²) >= 11 is 0. The standard InChI is InChI=1S/C29H37NO6/c1-14-8-20(30-12-14)25(32)35-23-15(2)11-28-16(3)9-19-21(26(19,4)5)18(22(28)31)10-17-13-34-27(6,7)36-24(17)29(23,28)33/h8,10-12,16,18-19,21,23-24,30,33H,9,13H2,1-7H3/t16-,18+,19-,21+,23+,24-,28+,29-/m1/s1. The molecule has 7 nitrogen and oxygen atoms in total. The summed E-state index contributed by atoms with van der Waals surface area (Å²) in [6, 6.07) is 1.72. The Hall–Kier alpha value is -2.22. The van der Waals surface area contributed by atoms with Crippen LogP contribution in [0.1, 0.15) is 64.0 Å². The number of aryl methyl sites for hydroxylation is 1. The first-order valence-electron chi connectivity index (χ1n) is 13.1. The highest BCUT2D eigenvalue weighted by atomic mass is 16.7. The van der Waals surface area contributed by atoms with Gasteiger partial charge in [-0.2, -0.15) is 0 Å². The van der Waals surface area contributed by atoms with Gasteiger partial charge in [-0.15, -0.1) is 0 Å². The molecule has 1 aliphatic heterocycles. The predicted octanol–water partition coefficient (Wildman–Crippen LogP) is 4.11. The maximum absolute atomic E-state index is 14.7. The summed E-state index contributed by atoms with van der Waals surface area (Å²) < 4.78 is 18.5. The molecule has 0 unspecified atom stereocenters. The van der Waals surface area contributed by atoms with Crippen molar-refractivity contribution < 1.29 is 28.9 Å². The summed E-state index contributed by atoms with van der Waals surface area (Å²) in [6.07, 6.45) is 4.58. The predicted molar refractivity (Wildman–Crippen MR) is 132 cm³/mol. The molecule has 7 heteroatoms. The van der Waals surface area contributed by atoms with E-state index in [0.29, 0.717) is 17.2 Å². The lowest BCUT2D eigenvalue weighted by molar-refractivity contribution is -0.302. The number of aromatic nitrogens is 1. The number of Topliss-reactive ketones (excluding diaryl/α,β-unsaturated/α-hetero) is 1. The van der Waals surface area contributed by atoms with Crippen LogP contribution in [0.3, 0.4) is 0 Å². The molecule has 1 aromatic heterocycles. The van der Waals surface area contributed by atoms with E-state index in [1.807, 2.05) is 39.8 Å². The van der Waals surface area contributed by atoms with Crippen molar-refractivity contribution in [2.24, 2.45) is 34.5 Å². The van der Waals surface area contributed by atoms with Crippen molar-refractivity contribution in [2.45, 2.75) is 78.5 Å². The van der Waals surface area contributed by atoms with Crippen molar-refractivity contribution in [1.82, 2.24) is 4.98 Å². The third-order valence-electron chi connectivity index (χ3n) is 9.94. The van der Waals surface area contributed by atoms with Crippen molar-refractivity contribution in [2.75, 3.05) is 6.61 Å². The van der Waals surface area contributed by atoms with E-state index in [0.717, 1.165) is 17.6 Å². The maximum atomic E-state index is 14.7. The zero-order valence-corrected chi connectivity index (χ0v) is 22.2. The van der Waals surface area contributed by atoms with Crippen LogP contribution in [-0.2, 0) is 19.0 Å². The molecule has 1 aromatic rings. The van der Waals surface area contributed by atoms with Crippen molar-refractivity contribution in [1.29, 1.82) is 0 Å². The zero-order chi connectivity index (χ0) is 26.0. The smallest absolute Gasteiger partial charge is 0.355 e. The molecule has 8 atom stereocenters. The van der Waals surface area contributed by atoms with E-state index in [9.17, 15) is 14.7 Å². The summed E-state index contributed by atoms with van der Waals surface area (Å²) in [4.78, 5) is 30.8. The number of H-pyrrole nitrogens is 1. The van der Waals surface area contributed by atoms with Gasteiger partial charge in [0.15, 0.2) is 23.3 Å². The molecule has 2 bridgehead atoms. The Labute approximate surface area is 212 Å². The van der Waals surface area contributed by atoms with Gasteiger partial charge in [-0.1, -0.05) is 32.9 Å². The van der Waals surface area contributed by atoms with Crippen molar-refractivity contribution in [3.05, 3.63) is 46.8 Å². The molecule has 2 heterocycles. The molecule has 4 aliphatic carbocycles. The number of ketones is 1. The van der Waals surface area contributed by atoms with E-state index >= 15 is 0 Å². The molecule has 3 fully saturated rings. The van der Waals surface area contributed by atoms with Crippen LogP contribution in [0.4, 0.5) is 0 Å². The number of aromatic amines is 1. The van der Waals surface area contributed by atoms with Gasteiger partial charge in [-0.25, -0.2) is 4.79 Å².